The number of aromatic nitrogens is 1. The molecule has 0 atom stereocenters. The Balaban J connectivity index is 2.94. The number of nitrogens with zero attached hydrogens (tertiary/aromatic N) is 1. The van der Waals surface area contributed by atoms with Crippen LogP contribution in [0.1, 0.15) is 23.7 Å². The second kappa shape index (κ2) is 4.51. The minimum absolute atomic E-state index is 1.08. The molecule has 0 amide bonds. The summed E-state index contributed by atoms with van der Waals surface area (Å²) in [6, 6.07) is 2.19. The minimum Gasteiger partial charge on any atom is -0.261 e. The number of aryl methyl sites for hydroxylation is 2. The third-order valence-electron chi connectivity index (χ3n) is 1.90. The lowest BCUT2D eigenvalue weighted by Crippen LogP contribution is -1.93. The fourth-order valence-electron chi connectivity index (χ4n) is 1.26. The molecular weight excluding hydrogens is 166 g/mol. The maximum Gasteiger partial charge on any atom is 0.0375 e. The van der Waals surface area contributed by atoms with Crippen molar-refractivity contribution in [2.45, 2.75) is 26.0 Å². The first-order chi connectivity index (χ1) is 5.77. The summed E-state index contributed by atoms with van der Waals surface area (Å²) in [5, 5.41) is 0. The highest BCUT2D eigenvalue weighted by Gasteiger charge is 2.00. The van der Waals surface area contributed by atoms with Crippen LogP contribution in [-0.4, -0.2) is 11.2 Å². The van der Waals surface area contributed by atoms with Gasteiger partial charge in [0.2, 0.25) is 0 Å². The lowest BCUT2D eigenvalue weighted by atomic mass is 10.1. The first kappa shape index (κ1) is 9.59. The molecule has 1 aromatic heterocycles. The van der Waals surface area contributed by atoms with E-state index in [0.717, 1.165) is 17.9 Å². The van der Waals surface area contributed by atoms with Crippen LogP contribution < -0.4 is 0 Å². The summed E-state index contributed by atoms with van der Waals surface area (Å²) in [6.45, 7) is 4.24. The van der Waals surface area contributed by atoms with Gasteiger partial charge in [-0.25, -0.2) is 0 Å². The smallest absolute Gasteiger partial charge is 0.0375 e. The van der Waals surface area contributed by atoms with Crippen molar-refractivity contribution < 1.29 is 0 Å². The third-order valence-corrected chi connectivity index (χ3v) is 2.50. The molecule has 1 nitrogen and oxygen atoms in total. The van der Waals surface area contributed by atoms with Gasteiger partial charge in [-0.2, -0.15) is 11.8 Å². The van der Waals surface area contributed by atoms with Crippen LogP contribution in [0.15, 0.2) is 12.3 Å². The van der Waals surface area contributed by atoms with E-state index in [1.54, 1.807) is 0 Å². The van der Waals surface area contributed by atoms with Gasteiger partial charge in [-0.1, -0.05) is 6.92 Å². The van der Waals surface area contributed by atoms with Crippen molar-refractivity contribution in [3.63, 3.8) is 0 Å². The number of hydrogen-bond donors (Lipinski definition) is 0. The van der Waals surface area contributed by atoms with Gasteiger partial charge in [0.15, 0.2) is 0 Å². The second-order valence-electron chi connectivity index (χ2n) is 2.88. The van der Waals surface area contributed by atoms with E-state index >= 15 is 0 Å². The van der Waals surface area contributed by atoms with Gasteiger partial charge in [0.05, 0.1) is 0 Å². The predicted octanol–water partition coefficient (Wildman–Crippen LogP) is 2.82. The molecule has 0 N–H and O–H groups in total. The second-order valence-corrected chi connectivity index (χ2v) is 3.75. The number of hydrogen-bond acceptors (Lipinski definition) is 2. The Morgan fingerprint density at radius 3 is 2.75 bits per heavy atom. The molecule has 12 heavy (non-hydrogen) atoms. The molecule has 0 aliphatic heterocycles. The summed E-state index contributed by atoms with van der Waals surface area (Å²) in [5.41, 5.74) is 3.95. The predicted molar refractivity (Wildman–Crippen MR) is 55.6 cm³/mol. The van der Waals surface area contributed by atoms with E-state index in [-0.39, 0.29) is 0 Å². The van der Waals surface area contributed by atoms with Crippen molar-refractivity contribution in [3.8, 4) is 0 Å². The van der Waals surface area contributed by atoms with Crippen molar-refractivity contribution >= 4 is 11.8 Å². The Labute approximate surface area is 78.6 Å². The lowest BCUT2D eigenvalue weighted by Gasteiger charge is -2.05. The lowest BCUT2D eigenvalue weighted by molar-refractivity contribution is 1.05. The van der Waals surface area contributed by atoms with Gasteiger partial charge in [-0.3, -0.25) is 4.98 Å². The van der Waals surface area contributed by atoms with E-state index in [1.165, 1.54) is 11.1 Å². The summed E-state index contributed by atoms with van der Waals surface area (Å²) in [4.78, 5) is 4.29. The molecule has 0 spiro atoms. The molecule has 0 aliphatic carbocycles. The van der Waals surface area contributed by atoms with E-state index in [2.05, 4.69) is 24.2 Å². The van der Waals surface area contributed by atoms with Gasteiger partial charge in [0, 0.05) is 17.6 Å². The SMILES string of the molecule is CCc1cc(C)ncc1CSC. The van der Waals surface area contributed by atoms with Crippen LogP contribution in [0, 0.1) is 6.92 Å². The average Bonchev–Trinajstić information content (AvgIpc) is 2.08. The zero-order chi connectivity index (χ0) is 8.97. The summed E-state index contributed by atoms with van der Waals surface area (Å²) >= 11 is 1.85. The fourth-order valence-corrected chi connectivity index (χ4v) is 1.83. The highest BCUT2D eigenvalue weighted by atomic mass is 32.2. The van der Waals surface area contributed by atoms with Crippen LogP contribution in [0.25, 0.3) is 0 Å². The zero-order valence-corrected chi connectivity index (χ0v) is 8.74. The Morgan fingerprint density at radius 1 is 1.42 bits per heavy atom. The molecule has 0 bridgehead atoms. The first-order valence-electron chi connectivity index (χ1n) is 4.21. The van der Waals surface area contributed by atoms with Crippen LogP contribution in [0.3, 0.4) is 0 Å². The van der Waals surface area contributed by atoms with Crippen molar-refractivity contribution in [2.75, 3.05) is 6.26 Å². The van der Waals surface area contributed by atoms with E-state index < -0.39 is 0 Å². The maximum atomic E-state index is 4.29. The van der Waals surface area contributed by atoms with Crippen molar-refractivity contribution in [1.29, 1.82) is 0 Å². The summed E-state index contributed by atoms with van der Waals surface area (Å²) < 4.78 is 0. The van der Waals surface area contributed by atoms with Gasteiger partial charge in [0.25, 0.3) is 0 Å². The molecule has 0 unspecified atom stereocenters. The molecule has 66 valence electrons. The van der Waals surface area contributed by atoms with Gasteiger partial charge in [-0.05, 0) is 36.8 Å². The Morgan fingerprint density at radius 2 is 2.17 bits per heavy atom. The number of thioether (sulfide) groups is 1. The molecule has 1 rings (SSSR count). The van der Waals surface area contributed by atoms with Gasteiger partial charge in [-0.15, -0.1) is 0 Å². The van der Waals surface area contributed by atoms with Gasteiger partial charge in [0.1, 0.15) is 0 Å². The highest BCUT2D eigenvalue weighted by Crippen LogP contribution is 2.15. The number of rotatable bonds is 3. The van der Waals surface area contributed by atoms with E-state index in [1.807, 2.05) is 24.9 Å². The van der Waals surface area contributed by atoms with Crippen LogP contribution in [-0.2, 0) is 12.2 Å². The standard InChI is InChI=1S/C10H15NS/c1-4-9-5-8(2)11-6-10(9)7-12-3/h5-6H,4,7H2,1-3H3. The molecular formula is C10H15NS. The molecule has 1 aromatic rings. The molecule has 1 heterocycles. The van der Waals surface area contributed by atoms with Crippen LogP contribution in [0.2, 0.25) is 0 Å². The molecule has 0 aromatic carbocycles. The van der Waals surface area contributed by atoms with Crippen LogP contribution in [0.4, 0.5) is 0 Å². The first-order valence-corrected chi connectivity index (χ1v) is 5.60. The number of pyridine rings is 1. The monoisotopic (exact) mass is 181 g/mol. The van der Waals surface area contributed by atoms with Crippen LogP contribution in [0.5, 0.6) is 0 Å². The van der Waals surface area contributed by atoms with Crippen LogP contribution >= 0.6 is 11.8 Å². The molecule has 0 radical (unpaired) electrons. The highest BCUT2D eigenvalue weighted by molar-refractivity contribution is 7.97. The van der Waals surface area contributed by atoms with Gasteiger partial charge < -0.3 is 0 Å². The minimum atomic E-state index is 1.08. The third kappa shape index (κ3) is 2.24. The zero-order valence-electron chi connectivity index (χ0n) is 7.92. The largest absolute Gasteiger partial charge is 0.261 e. The van der Waals surface area contributed by atoms with Crippen molar-refractivity contribution in [2.24, 2.45) is 0 Å². The normalized spacial score (nSPS) is 10.2. The Kier molecular flexibility index (Phi) is 3.60. The summed E-state index contributed by atoms with van der Waals surface area (Å²) in [7, 11) is 0. The van der Waals surface area contributed by atoms with E-state index in [0.29, 0.717) is 0 Å². The van der Waals surface area contributed by atoms with Crippen molar-refractivity contribution in [1.82, 2.24) is 4.98 Å². The maximum absolute atomic E-state index is 4.29. The van der Waals surface area contributed by atoms with Crippen molar-refractivity contribution in [3.05, 3.63) is 29.1 Å². The van der Waals surface area contributed by atoms with E-state index in [4.69, 9.17) is 0 Å². The summed E-state index contributed by atoms with van der Waals surface area (Å²) in [5.74, 6) is 1.08. The molecule has 0 aliphatic rings. The summed E-state index contributed by atoms with van der Waals surface area (Å²) in [6.07, 6.45) is 5.24. The Hall–Kier alpha value is -0.500. The fraction of sp³-hybridized carbons (Fsp3) is 0.500. The topological polar surface area (TPSA) is 12.9 Å². The molecule has 0 saturated carbocycles. The molecule has 0 saturated heterocycles. The van der Waals surface area contributed by atoms with E-state index in [9.17, 15) is 0 Å². The molecule has 2 heteroatoms. The van der Waals surface area contributed by atoms with Gasteiger partial charge >= 0.3 is 0 Å². The quantitative estimate of drug-likeness (QED) is 0.711. The molecule has 0 fully saturated rings. The average molecular weight is 181 g/mol. The Bertz CT molecular complexity index is 258.